The van der Waals surface area contributed by atoms with Crippen LogP contribution in [-0.4, -0.2) is 5.91 Å². The Bertz CT molecular complexity index is 832. The van der Waals surface area contributed by atoms with Gasteiger partial charge in [-0.05, 0) is 56.2 Å². The average Bonchev–Trinajstić information content (AvgIpc) is 2.78. The molecule has 0 radical (unpaired) electrons. The van der Waals surface area contributed by atoms with Crippen molar-refractivity contribution in [1.29, 1.82) is 0 Å². The molecule has 1 aliphatic carbocycles. The number of carbonyl (C=O) groups is 1. The number of hydrogen-bond acceptors (Lipinski definition) is 1. The second kappa shape index (κ2) is 10.9. The van der Waals surface area contributed by atoms with Gasteiger partial charge in [-0.25, -0.2) is 0 Å². The van der Waals surface area contributed by atoms with Gasteiger partial charge in [-0.15, -0.1) is 0 Å². The van der Waals surface area contributed by atoms with Crippen LogP contribution in [0.2, 0.25) is 0 Å². The average molecular weight is 405 g/mol. The highest BCUT2D eigenvalue weighted by atomic mass is 32.2. The summed E-state index contributed by atoms with van der Waals surface area (Å²) < 4.78 is 0. The zero-order valence-electron chi connectivity index (χ0n) is 17.1. The predicted molar refractivity (Wildman–Crippen MR) is 122 cm³/mol. The molecule has 0 aliphatic heterocycles. The van der Waals surface area contributed by atoms with Gasteiger partial charge in [0.05, 0.1) is 10.9 Å². The monoisotopic (exact) mass is 404 g/mol. The van der Waals surface area contributed by atoms with Crippen molar-refractivity contribution < 1.29 is 4.79 Å². The lowest BCUT2D eigenvalue weighted by atomic mass is 9.89. The van der Waals surface area contributed by atoms with Gasteiger partial charge in [0.1, 0.15) is 0 Å². The minimum atomic E-state index is -0.102. The summed E-state index contributed by atoms with van der Waals surface area (Å²) in [6.45, 7) is 2.13. The van der Waals surface area contributed by atoms with Crippen molar-refractivity contribution in [2.75, 3.05) is 0 Å². The summed E-state index contributed by atoms with van der Waals surface area (Å²) in [5.74, 6) is 0.0912. The van der Waals surface area contributed by atoms with Crippen molar-refractivity contribution in [2.45, 2.75) is 53.7 Å². The maximum Gasteiger partial charge on any atom is 0.220 e. The van der Waals surface area contributed by atoms with Crippen molar-refractivity contribution in [3.8, 4) is 0 Å². The summed E-state index contributed by atoms with van der Waals surface area (Å²) in [4.78, 5) is 14.7. The Labute approximate surface area is 177 Å². The first-order valence-electron chi connectivity index (χ1n) is 10.4. The van der Waals surface area contributed by atoms with Crippen molar-refractivity contribution in [3.63, 3.8) is 0 Å². The van der Waals surface area contributed by atoms with Crippen LogP contribution in [0.25, 0.3) is 0 Å². The van der Waals surface area contributed by atoms with E-state index in [-0.39, 0.29) is 22.7 Å². The van der Waals surface area contributed by atoms with Gasteiger partial charge in [0, 0.05) is 5.92 Å². The molecule has 1 fully saturated rings. The third-order valence-electron chi connectivity index (χ3n) is 5.22. The molecule has 0 spiro atoms. The third kappa shape index (κ3) is 6.23. The van der Waals surface area contributed by atoms with Gasteiger partial charge in [0.2, 0.25) is 5.91 Å². The zero-order valence-corrected chi connectivity index (χ0v) is 17.9. The lowest BCUT2D eigenvalue weighted by Gasteiger charge is -2.17. The van der Waals surface area contributed by atoms with E-state index < -0.39 is 0 Å². The molecule has 3 heteroatoms. The van der Waals surface area contributed by atoms with Gasteiger partial charge in [-0.3, -0.25) is 4.79 Å². The summed E-state index contributed by atoms with van der Waals surface area (Å²) in [5.41, 5.74) is 6.43. The Kier molecular flexibility index (Phi) is 7.94. The molecular formula is C26H30NOS+. The smallest absolute Gasteiger partial charge is 0.220 e. The molecule has 0 heterocycles. The number of aryl methyl sites for hydroxylation is 1. The number of benzene rings is 3. The van der Waals surface area contributed by atoms with E-state index in [9.17, 15) is 4.79 Å². The SMILES string of the molecule is Cc1ccc([S+](c2ccccc2)c2ccccc2)cc1.NC(=O)C1CCCCC1. The number of amides is 1. The van der Waals surface area contributed by atoms with Crippen LogP contribution in [0.4, 0.5) is 0 Å². The number of hydrogen-bond donors (Lipinski definition) is 1. The van der Waals surface area contributed by atoms with Crippen LogP contribution in [0.3, 0.4) is 0 Å². The topological polar surface area (TPSA) is 43.1 Å². The molecule has 0 atom stereocenters. The molecule has 1 amide bonds. The van der Waals surface area contributed by atoms with E-state index in [1.807, 2.05) is 0 Å². The van der Waals surface area contributed by atoms with E-state index in [1.165, 1.54) is 39.5 Å². The van der Waals surface area contributed by atoms with Crippen LogP contribution in [0.1, 0.15) is 37.7 Å². The minimum Gasteiger partial charge on any atom is -0.369 e. The maximum absolute atomic E-state index is 10.6. The highest BCUT2D eigenvalue weighted by molar-refractivity contribution is 7.97. The summed E-state index contributed by atoms with van der Waals surface area (Å²) in [5, 5.41) is 0. The highest BCUT2D eigenvalue weighted by Gasteiger charge is 2.27. The van der Waals surface area contributed by atoms with Crippen LogP contribution in [0, 0.1) is 12.8 Å². The molecule has 0 aromatic heterocycles. The second-order valence-corrected chi connectivity index (χ2v) is 9.51. The van der Waals surface area contributed by atoms with E-state index in [4.69, 9.17) is 5.73 Å². The second-order valence-electron chi connectivity index (χ2n) is 7.48. The lowest BCUT2D eigenvalue weighted by molar-refractivity contribution is -0.122. The summed E-state index contributed by atoms with van der Waals surface area (Å²) in [6, 6.07) is 30.4. The van der Waals surface area contributed by atoms with E-state index in [0.717, 1.165) is 12.8 Å². The number of rotatable bonds is 4. The van der Waals surface area contributed by atoms with Gasteiger partial charge >= 0.3 is 0 Å². The fourth-order valence-corrected chi connectivity index (χ4v) is 5.67. The lowest BCUT2D eigenvalue weighted by Crippen LogP contribution is -2.24. The van der Waals surface area contributed by atoms with E-state index in [0.29, 0.717) is 0 Å². The first-order chi connectivity index (χ1) is 14.1. The normalized spacial score (nSPS) is 14.1. The van der Waals surface area contributed by atoms with E-state index >= 15 is 0 Å². The number of primary amides is 1. The standard InChI is InChI=1S/C19H17S.C7H13NO/c1-16-12-14-19(15-13-16)20(17-8-4-2-5-9-17)18-10-6-3-7-11-18;8-7(9)6-4-2-1-3-5-6/h2-15H,1H3;6H,1-5H2,(H2,8,9)/q+1;. The molecule has 2 N–H and O–H groups in total. The summed E-state index contributed by atoms with van der Waals surface area (Å²) >= 11 is 0. The first kappa shape index (κ1) is 21.2. The minimum absolute atomic E-state index is 0.0229. The molecule has 1 aliphatic rings. The van der Waals surface area contributed by atoms with Crippen LogP contribution in [0.15, 0.2) is 99.6 Å². The van der Waals surface area contributed by atoms with E-state index in [2.05, 4.69) is 91.9 Å². The summed E-state index contributed by atoms with van der Waals surface area (Å²) in [7, 11) is -0.0229. The molecule has 150 valence electrons. The van der Waals surface area contributed by atoms with Crippen molar-refractivity contribution in [1.82, 2.24) is 0 Å². The molecule has 0 bridgehead atoms. The predicted octanol–water partition coefficient (Wildman–Crippen LogP) is 6.14. The Hall–Kier alpha value is -2.52. The van der Waals surface area contributed by atoms with E-state index in [1.54, 1.807) is 0 Å². The summed E-state index contributed by atoms with van der Waals surface area (Å²) in [6.07, 6.45) is 5.70. The molecule has 0 unspecified atom stereocenters. The zero-order chi connectivity index (χ0) is 20.5. The van der Waals surface area contributed by atoms with Gasteiger partial charge in [0.25, 0.3) is 0 Å². The maximum atomic E-state index is 10.6. The van der Waals surface area contributed by atoms with Crippen LogP contribution in [0.5, 0.6) is 0 Å². The molecular weight excluding hydrogens is 374 g/mol. The first-order valence-corrected chi connectivity index (χ1v) is 11.6. The van der Waals surface area contributed by atoms with Gasteiger partial charge in [-0.1, -0.05) is 73.4 Å². The third-order valence-corrected chi connectivity index (χ3v) is 7.45. The Morgan fingerprint density at radius 1 is 0.724 bits per heavy atom. The van der Waals surface area contributed by atoms with Crippen molar-refractivity contribution >= 4 is 16.8 Å². The number of nitrogens with two attached hydrogens (primary N) is 1. The largest absolute Gasteiger partial charge is 0.369 e. The van der Waals surface area contributed by atoms with Crippen LogP contribution < -0.4 is 5.73 Å². The fourth-order valence-electron chi connectivity index (χ4n) is 3.58. The van der Waals surface area contributed by atoms with Crippen LogP contribution >= 0.6 is 0 Å². The van der Waals surface area contributed by atoms with Gasteiger partial charge < -0.3 is 5.73 Å². The molecule has 1 saturated carbocycles. The molecule has 3 aromatic rings. The fraction of sp³-hybridized carbons (Fsp3) is 0.269. The van der Waals surface area contributed by atoms with Crippen molar-refractivity contribution in [3.05, 3.63) is 90.5 Å². The van der Waals surface area contributed by atoms with Gasteiger partial charge in [-0.2, -0.15) is 0 Å². The highest BCUT2D eigenvalue weighted by Crippen LogP contribution is 2.30. The molecule has 2 nitrogen and oxygen atoms in total. The molecule has 29 heavy (non-hydrogen) atoms. The molecule has 3 aromatic carbocycles. The Morgan fingerprint density at radius 2 is 1.17 bits per heavy atom. The molecule has 4 rings (SSSR count). The molecule has 0 saturated heterocycles. The number of carbonyl (C=O) groups excluding carboxylic acids is 1. The Balaban J connectivity index is 0.000000224. The quantitative estimate of drug-likeness (QED) is 0.521. The van der Waals surface area contributed by atoms with Gasteiger partial charge in [0.15, 0.2) is 14.7 Å². The Morgan fingerprint density at radius 3 is 1.59 bits per heavy atom. The van der Waals surface area contributed by atoms with Crippen molar-refractivity contribution in [2.24, 2.45) is 11.7 Å². The van der Waals surface area contributed by atoms with Crippen LogP contribution in [-0.2, 0) is 15.7 Å².